The molecule has 0 amide bonds. The van der Waals surface area contributed by atoms with E-state index in [1.807, 2.05) is 0 Å². The summed E-state index contributed by atoms with van der Waals surface area (Å²) in [5.74, 6) is -5.46. The molecule has 0 bridgehead atoms. The van der Waals surface area contributed by atoms with E-state index in [2.05, 4.69) is 11.3 Å². The molecule has 146 valence electrons. The minimum atomic E-state index is -5.25. The van der Waals surface area contributed by atoms with Gasteiger partial charge in [-0.15, -0.1) is 19.8 Å². The van der Waals surface area contributed by atoms with E-state index in [0.29, 0.717) is 17.5 Å². The van der Waals surface area contributed by atoms with Crippen molar-refractivity contribution in [1.29, 1.82) is 0 Å². The fraction of sp³-hybridized carbons (Fsp3) is 0.143. The van der Waals surface area contributed by atoms with E-state index in [1.54, 1.807) is 30.3 Å². The molecule has 3 aromatic rings. The molecule has 0 aliphatic heterocycles. The van der Waals surface area contributed by atoms with E-state index in [4.69, 9.17) is 0 Å². The molecule has 0 atom stereocenters. The Morgan fingerprint density at radius 1 is 0.929 bits per heavy atom. The van der Waals surface area contributed by atoms with Crippen LogP contribution in [-0.4, -0.2) is 6.36 Å². The lowest BCUT2D eigenvalue weighted by Gasteiger charge is -2.13. The number of ether oxygens (including phenoxy) is 1. The van der Waals surface area contributed by atoms with Crippen LogP contribution < -0.4 is 4.74 Å². The highest BCUT2D eigenvalue weighted by atomic mass is 19.4. The normalized spacial score (nSPS) is 11.6. The predicted molar refractivity (Wildman–Crippen MR) is 94.5 cm³/mol. The van der Waals surface area contributed by atoms with E-state index in [1.165, 1.54) is 6.07 Å². The maximum atomic E-state index is 14.9. The first-order valence-electron chi connectivity index (χ1n) is 8.27. The standard InChI is InChI=1S/C21H14F6O/c1-2-3-4-12-5-7-15-13(9-12)6-8-16(19(15)24)14-10-17(22)20(18(23)11-14)28-21(25,26)27/h2,5-11H,1,3-4H2. The zero-order valence-electron chi connectivity index (χ0n) is 14.4. The van der Waals surface area contributed by atoms with Crippen molar-refractivity contribution in [3.8, 4) is 16.9 Å². The van der Waals surface area contributed by atoms with Crippen molar-refractivity contribution in [2.45, 2.75) is 19.2 Å². The quantitative estimate of drug-likeness (QED) is 0.335. The molecular weight excluding hydrogens is 382 g/mol. The van der Waals surface area contributed by atoms with Crippen LogP contribution in [0.5, 0.6) is 5.75 Å². The molecule has 0 spiro atoms. The predicted octanol–water partition coefficient (Wildman–Crippen LogP) is 6.94. The molecule has 0 radical (unpaired) electrons. The van der Waals surface area contributed by atoms with Gasteiger partial charge in [0.05, 0.1) is 0 Å². The van der Waals surface area contributed by atoms with Crippen molar-refractivity contribution >= 4 is 10.8 Å². The molecule has 0 saturated carbocycles. The van der Waals surface area contributed by atoms with Crippen molar-refractivity contribution in [2.75, 3.05) is 0 Å². The molecule has 0 saturated heterocycles. The topological polar surface area (TPSA) is 9.23 Å². The zero-order chi connectivity index (χ0) is 20.5. The molecule has 0 aromatic heterocycles. The van der Waals surface area contributed by atoms with Crippen LogP contribution in [0.15, 0.2) is 55.1 Å². The van der Waals surface area contributed by atoms with Gasteiger partial charge in [-0.25, -0.2) is 13.2 Å². The Morgan fingerprint density at radius 2 is 1.61 bits per heavy atom. The Labute approximate surface area is 156 Å². The Hall–Kier alpha value is -2.96. The van der Waals surface area contributed by atoms with Gasteiger partial charge in [-0.3, -0.25) is 0 Å². The molecule has 0 aliphatic carbocycles. The number of fused-ring (bicyclic) bond motifs is 1. The third kappa shape index (κ3) is 4.13. The first-order chi connectivity index (χ1) is 13.2. The van der Waals surface area contributed by atoms with Crippen LogP contribution in [0.25, 0.3) is 21.9 Å². The Bertz CT molecular complexity index is 1020. The fourth-order valence-electron chi connectivity index (χ4n) is 2.92. The number of benzene rings is 3. The molecule has 0 aliphatic rings. The number of alkyl halides is 3. The second-order valence-electron chi connectivity index (χ2n) is 6.13. The van der Waals surface area contributed by atoms with Crippen LogP contribution in [-0.2, 0) is 6.42 Å². The molecule has 0 unspecified atom stereocenters. The van der Waals surface area contributed by atoms with Crippen molar-refractivity contribution in [3.63, 3.8) is 0 Å². The summed E-state index contributed by atoms with van der Waals surface area (Å²) in [6, 6.07) is 9.21. The largest absolute Gasteiger partial charge is 0.573 e. The van der Waals surface area contributed by atoms with Crippen LogP contribution >= 0.6 is 0 Å². The number of hydrogen-bond acceptors (Lipinski definition) is 1. The van der Waals surface area contributed by atoms with Gasteiger partial charge in [-0.1, -0.05) is 36.4 Å². The third-order valence-electron chi connectivity index (χ3n) is 4.18. The number of halogens is 6. The van der Waals surface area contributed by atoms with Crippen molar-refractivity contribution in [3.05, 3.63) is 78.1 Å². The molecule has 3 rings (SSSR count). The van der Waals surface area contributed by atoms with E-state index < -0.39 is 29.6 Å². The van der Waals surface area contributed by atoms with Crippen LogP contribution in [0.2, 0.25) is 0 Å². The Balaban J connectivity index is 2.04. The van der Waals surface area contributed by atoms with Gasteiger partial charge in [0, 0.05) is 10.9 Å². The number of hydrogen-bond donors (Lipinski definition) is 0. The molecule has 0 fully saturated rings. The summed E-state index contributed by atoms with van der Waals surface area (Å²) in [7, 11) is 0. The van der Waals surface area contributed by atoms with Crippen molar-refractivity contribution < 1.29 is 31.1 Å². The van der Waals surface area contributed by atoms with Crippen LogP contribution in [0.4, 0.5) is 26.3 Å². The van der Waals surface area contributed by atoms with E-state index >= 15 is 0 Å². The van der Waals surface area contributed by atoms with E-state index in [9.17, 15) is 26.3 Å². The molecular formula is C21H14F6O. The summed E-state index contributed by atoms with van der Waals surface area (Å²) in [5.41, 5.74) is 0.604. The van der Waals surface area contributed by atoms with Gasteiger partial charge in [0.2, 0.25) is 5.75 Å². The first kappa shape index (κ1) is 19.8. The monoisotopic (exact) mass is 396 g/mol. The van der Waals surface area contributed by atoms with Gasteiger partial charge in [0.1, 0.15) is 5.82 Å². The van der Waals surface area contributed by atoms with Crippen molar-refractivity contribution in [1.82, 2.24) is 0 Å². The van der Waals surface area contributed by atoms with Crippen molar-refractivity contribution in [2.24, 2.45) is 0 Å². The lowest BCUT2D eigenvalue weighted by molar-refractivity contribution is -0.276. The average Bonchev–Trinajstić information content (AvgIpc) is 2.62. The minimum absolute atomic E-state index is 0.136. The number of allylic oxidation sites excluding steroid dienone is 1. The molecule has 0 heterocycles. The summed E-state index contributed by atoms with van der Waals surface area (Å²) in [6.07, 6.45) is -1.99. The SMILES string of the molecule is C=CCCc1ccc2c(F)c(-c3cc(F)c(OC(F)(F)F)c(F)c3)ccc2c1. The third-order valence-corrected chi connectivity index (χ3v) is 4.18. The summed E-state index contributed by atoms with van der Waals surface area (Å²) in [5, 5.41) is 0.831. The molecule has 7 heteroatoms. The van der Waals surface area contributed by atoms with Gasteiger partial charge in [0.25, 0.3) is 0 Å². The number of rotatable bonds is 5. The second kappa shape index (κ2) is 7.58. The summed E-state index contributed by atoms with van der Waals surface area (Å²) in [6.45, 7) is 3.64. The lowest BCUT2D eigenvalue weighted by atomic mass is 9.97. The fourth-order valence-corrected chi connectivity index (χ4v) is 2.92. The van der Waals surface area contributed by atoms with Gasteiger partial charge in [0.15, 0.2) is 11.6 Å². The van der Waals surface area contributed by atoms with E-state index in [0.717, 1.165) is 18.4 Å². The van der Waals surface area contributed by atoms with Gasteiger partial charge < -0.3 is 4.74 Å². The molecule has 28 heavy (non-hydrogen) atoms. The highest BCUT2D eigenvalue weighted by molar-refractivity contribution is 5.88. The molecule has 1 nitrogen and oxygen atoms in total. The summed E-state index contributed by atoms with van der Waals surface area (Å²) in [4.78, 5) is 0. The summed E-state index contributed by atoms with van der Waals surface area (Å²) < 4.78 is 82.9. The van der Waals surface area contributed by atoms with Crippen LogP contribution in [0.1, 0.15) is 12.0 Å². The summed E-state index contributed by atoms with van der Waals surface area (Å²) >= 11 is 0. The molecule has 3 aromatic carbocycles. The van der Waals surface area contributed by atoms with Gasteiger partial charge in [-0.2, -0.15) is 0 Å². The minimum Gasteiger partial charge on any atom is -0.399 e. The Morgan fingerprint density at radius 3 is 2.21 bits per heavy atom. The van der Waals surface area contributed by atoms with E-state index in [-0.39, 0.29) is 16.5 Å². The zero-order valence-corrected chi connectivity index (χ0v) is 14.4. The molecule has 0 N–H and O–H groups in total. The van der Waals surface area contributed by atoms with Crippen LogP contribution in [0.3, 0.4) is 0 Å². The van der Waals surface area contributed by atoms with Gasteiger partial charge >= 0.3 is 6.36 Å². The maximum absolute atomic E-state index is 14.9. The number of aryl methyl sites for hydroxylation is 1. The smallest absolute Gasteiger partial charge is 0.399 e. The van der Waals surface area contributed by atoms with Gasteiger partial charge in [-0.05, 0) is 41.5 Å². The Kier molecular flexibility index (Phi) is 5.36. The average molecular weight is 396 g/mol. The first-order valence-corrected chi connectivity index (χ1v) is 8.27. The van der Waals surface area contributed by atoms with Crippen LogP contribution in [0, 0.1) is 17.5 Å². The lowest BCUT2D eigenvalue weighted by Crippen LogP contribution is -2.19. The second-order valence-corrected chi connectivity index (χ2v) is 6.13. The highest BCUT2D eigenvalue weighted by Gasteiger charge is 2.34. The highest BCUT2D eigenvalue weighted by Crippen LogP contribution is 2.35. The maximum Gasteiger partial charge on any atom is 0.573 e.